The molecule has 0 saturated carbocycles. The van der Waals surface area contributed by atoms with Crippen LogP contribution >= 0.6 is 0 Å². The lowest BCUT2D eigenvalue weighted by Gasteiger charge is -2.34. The summed E-state index contributed by atoms with van der Waals surface area (Å²) in [4.78, 5) is 29.1. The van der Waals surface area contributed by atoms with Crippen LogP contribution in [0.5, 0.6) is 0 Å². The Hall–Kier alpha value is -3.76. The van der Waals surface area contributed by atoms with Crippen LogP contribution < -0.4 is 9.62 Å². The molecule has 3 aromatic carbocycles. The second-order valence-corrected chi connectivity index (χ2v) is 11.7. The lowest BCUT2D eigenvalue weighted by Crippen LogP contribution is -2.54. The van der Waals surface area contributed by atoms with Gasteiger partial charge in [0, 0.05) is 33.6 Å². The number of hydrogen-bond acceptors (Lipinski definition) is 4. The molecule has 0 aliphatic rings. The van der Waals surface area contributed by atoms with E-state index >= 15 is 0 Å². The molecule has 3 aromatic rings. The van der Waals surface area contributed by atoms with Crippen LogP contribution in [0, 0.1) is 5.82 Å². The van der Waals surface area contributed by atoms with Gasteiger partial charge in [0.1, 0.15) is 18.4 Å². The number of carbonyl (C=O) groups is 2. The predicted octanol–water partition coefficient (Wildman–Crippen LogP) is 3.99. The average Bonchev–Trinajstić information content (AvgIpc) is 2.95. The van der Waals surface area contributed by atoms with Gasteiger partial charge in [0.25, 0.3) is 0 Å². The Morgan fingerprint density at radius 3 is 2.00 bits per heavy atom. The molecule has 0 saturated heterocycles. The van der Waals surface area contributed by atoms with Gasteiger partial charge < -0.3 is 10.2 Å². The lowest BCUT2D eigenvalue weighted by atomic mass is 10.0. The molecular weight excluding hydrogens is 531 g/mol. The van der Waals surface area contributed by atoms with Gasteiger partial charge in [-0.15, -0.1) is 0 Å². The van der Waals surface area contributed by atoms with Gasteiger partial charge in [-0.05, 0) is 41.8 Å². The zero-order valence-corrected chi connectivity index (χ0v) is 24.0. The van der Waals surface area contributed by atoms with Gasteiger partial charge in [-0.25, -0.2) is 8.70 Å². The molecule has 3 rings (SSSR count). The van der Waals surface area contributed by atoms with E-state index in [1.807, 2.05) is 67.6 Å². The number of halogens is 1. The first kappa shape index (κ1) is 30.8. The molecule has 0 unspecified atom stereocenters. The predicted molar refractivity (Wildman–Crippen MR) is 155 cm³/mol. The Morgan fingerprint density at radius 2 is 1.45 bits per heavy atom. The zero-order valence-electron chi connectivity index (χ0n) is 23.2. The van der Waals surface area contributed by atoms with Crippen LogP contribution in [0.2, 0.25) is 0 Å². The molecule has 1 atom stereocenters. The van der Waals surface area contributed by atoms with E-state index in [0.717, 1.165) is 44.7 Å². The third-order valence-corrected chi connectivity index (χ3v) is 8.25. The fraction of sp³-hybridized carbons (Fsp3) is 0.333. The van der Waals surface area contributed by atoms with Crippen molar-refractivity contribution in [2.75, 3.05) is 31.5 Å². The van der Waals surface area contributed by atoms with E-state index in [2.05, 4.69) is 5.32 Å². The van der Waals surface area contributed by atoms with Gasteiger partial charge in [0.15, 0.2) is 0 Å². The van der Waals surface area contributed by atoms with Gasteiger partial charge in [-0.1, -0.05) is 74.0 Å². The first-order valence-corrected chi connectivity index (χ1v) is 14.6. The summed E-state index contributed by atoms with van der Waals surface area (Å²) in [5.74, 6) is -1.41. The summed E-state index contributed by atoms with van der Waals surface area (Å²) < 4.78 is 42.2. The van der Waals surface area contributed by atoms with Crippen molar-refractivity contribution in [2.45, 2.75) is 38.8 Å². The van der Waals surface area contributed by atoms with Crippen molar-refractivity contribution >= 4 is 27.7 Å². The molecule has 40 heavy (non-hydrogen) atoms. The van der Waals surface area contributed by atoms with Crippen molar-refractivity contribution in [1.82, 2.24) is 14.5 Å². The van der Waals surface area contributed by atoms with Crippen LogP contribution in [-0.4, -0.2) is 62.7 Å². The largest absolute Gasteiger partial charge is 0.354 e. The molecular formula is C30H37FN4O4S. The molecule has 10 heteroatoms. The number of anilines is 1. The van der Waals surface area contributed by atoms with Crippen LogP contribution in [0.25, 0.3) is 0 Å². The fourth-order valence-corrected chi connectivity index (χ4v) is 5.22. The van der Waals surface area contributed by atoms with Crippen molar-refractivity contribution in [3.05, 3.63) is 102 Å². The van der Waals surface area contributed by atoms with Crippen LogP contribution in [0.15, 0.2) is 84.9 Å². The maximum atomic E-state index is 14.1. The maximum Gasteiger partial charge on any atom is 0.304 e. The van der Waals surface area contributed by atoms with E-state index in [9.17, 15) is 22.4 Å². The molecule has 214 valence electrons. The Morgan fingerprint density at radius 1 is 0.875 bits per heavy atom. The molecule has 0 aromatic heterocycles. The summed E-state index contributed by atoms with van der Waals surface area (Å²) in [6.45, 7) is 2.00. The number of nitrogens with zero attached hydrogens (tertiary/aromatic N) is 3. The standard InChI is InChI=1S/C30H37FN4O4S/c1-4-5-20-32-30(37)28(21-24-12-8-6-9-13-24)34(22-25-14-10-7-11-15-25)29(36)23-35(40(38,39)33(2)3)27-18-16-26(31)17-19-27/h6-19,28H,4-5,20-23H2,1-3H3,(H,32,37)/t28-/m1/s1. The average molecular weight is 569 g/mol. The second kappa shape index (κ2) is 14.6. The number of hydrogen-bond donors (Lipinski definition) is 1. The topological polar surface area (TPSA) is 90.0 Å². The van der Waals surface area contributed by atoms with Crippen LogP contribution in [0.3, 0.4) is 0 Å². The highest BCUT2D eigenvalue weighted by molar-refractivity contribution is 7.90. The summed E-state index contributed by atoms with van der Waals surface area (Å²) in [6.07, 6.45) is 1.93. The smallest absolute Gasteiger partial charge is 0.304 e. The van der Waals surface area contributed by atoms with Crippen molar-refractivity contribution in [3.8, 4) is 0 Å². The number of carbonyl (C=O) groups excluding carboxylic acids is 2. The lowest BCUT2D eigenvalue weighted by molar-refractivity contribution is -0.140. The molecule has 2 amide bonds. The Balaban J connectivity index is 2.04. The van der Waals surface area contributed by atoms with Crippen LogP contribution in [-0.2, 0) is 32.8 Å². The Labute approximate surface area is 236 Å². The first-order chi connectivity index (χ1) is 19.1. The maximum absolute atomic E-state index is 14.1. The highest BCUT2D eigenvalue weighted by Crippen LogP contribution is 2.22. The number of nitrogens with one attached hydrogen (secondary N) is 1. The third kappa shape index (κ3) is 8.37. The summed E-state index contributed by atoms with van der Waals surface area (Å²) >= 11 is 0. The minimum atomic E-state index is -4.13. The fourth-order valence-electron chi connectivity index (χ4n) is 4.16. The number of amides is 2. The minimum absolute atomic E-state index is 0.0949. The van der Waals surface area contributed by atoms with E-state index in [1.165, 1.54) is 31.1 Å². The van der Waals surface area contributed by atoms with E-state index in [-0.39, 0.29) is 24.6 Å². The Kier molecular flexibility index (Phi) is 11.2. The van der Waals surface area contributed by atoms with Crippen LogP contribution in [0.1, 0.15) is 30.9 Å². The van der Waals surface area contributed by atoms with Crippen molar-refractivity contribution in [1.29, 1.82) is 0 Å². The highest BCUT2D eigenvalue weighted by Gasteiger charge is 2.34. The monoisotopic (exact) mass is 568 g/mol. The molecule has 8 nitrogen and oxygen atoms in total. The van der Waals surface area contributed by atoms with Gasteiger partial charge in [-0.2, -0.15) is 12.7 Å². The molecule has 0 heterocycles. The molecule has 0 aliphatic carbocycles. The highest BCUT2D eigenvalue weighted by atomic mass is 32.2. The minimum Gasteiger partial charge on any atom is -0.354 e. The van der Waals surface area contributed by atoms with Gasteiger partial charge >= 0.3 is 10.2 Å². The summed E-state index contributed by atoms with van der Waals surface area (Å²) in [5, 5.41) is 2.95. The van der Waals surface area contributed by atoms with Crippen molar-refractivity contribution in [2.24, 2.45) is 0 Å². The van der Waals surface area contributed by atoms with Gasteiger partial charge in [0.05, 0.1) is 5.69 Å². The summed E-state index contributed by atoms with van der Waals surface area (Å²) in [5.41, 5.74) is 1.79. The number of unbranched alkanes of at least 4 members (excludes halogenated alkanes) is 1. The molecule has 1 N–H and O–H groups in total. The van der Waals surface area contributed by atoms with E-state index in [0.29, 0.717) is 6.54 Å². The normalized spacial score (nSPS) is 12.1. The second-order valence-electron chi connectivity index (χ2n) is 9.63. The Bertz CT molecular complexity index is 1340. The third-order valence-electron chi connectivity index (χ3n) is 6.43. The molecule has 0 aliphatic heterocycles. The quantitative estimate of drug-likeness (QED) is 0.298. The first-order valence-electron chi connectivity index (χ1n) is 13.2. The SMILES string of the molecule is CCCCNC(=O)[C@@H](Cc1ccccc1)N(Cc1ccccc1)C(=O)CN(c1ccc(F)cc1)S(=O)(=O)N(C)C. The number of rotatable bonds is 14. The molecule has 0 bridgehead atoms. The van der Waals surface area contributed by atoms with Crippen LogP contribution in [0.4, 0.5) is 10.1 Å². The van der Waals surface area contributed by atoms with E-state index in [1.54, 1.807) is 0 Å². The molecule has 0 spiro atoms. The van der Waals surface area contributed by atoms with E-state index < -0.39 is 34.5 Å². The molecule has 0 radical (unpaired) electrons. The summed E-state index contributed by atoms with van der Waals surface area (Å²) in [7, 11) is -1.42. The zero-order chi connectivity index (χ0) is 29.1. The summed E-state index contributed by atoms with van der Waals surface area (Å²) in [6, 6.07) is 22.6. The van der Waals surface area contributed by atoms with Gasteiger partial charge in [-0.3, -0.25) is 9.59 Å². The van der Waals surface area contributed by atoms with Crippen molar-refractivity contribution in [3.63, 3.8) is 0 Å². The van der Waals surface area contributed by atoms with Crippen molar-refractivity contribution < 1.29 is 22.4 Å². The van der Waals surface area contributed by atoms with E-state index in [4.69, 9.17) is 0 Å². The molecule has 0 fully saturated rings. The van der Waals surface area contributed by atoms with Gasteiger partial charge in [0.2, 0.25) is 11.8 Å². The number of benzene rings is 3.